The van der Waals surface area contributed by atoms with Crippen molar-refractivity contribution < 1.29 is 4.74 Å². The van der Waals surface area contributed by atoms with Crippen molar-refractivity contribution in [1.82, 2.24) is 4.90 Å². The van der Waals surface area contributed by atoms with Gasteiger partial charge in [-0.15, -0.1) is 12.4 Å². The lowest BCUT2D eigenvalue weighted by Gasteiger charge is -2.30. The molecule has 1 aromatic carbocycles. The fourth-order valence-corrected chi connectivity index (χ4v) is 2.12. The topological polar surface area (TPSA) is 36.3 Å². The van der Waals surface area contributed by atoms with Crippen molar-refractivity contribution in [2.45, 2.75) is 6.04 Å². The molecular weight excluding hydrogens is 259 g/mol. The molecule has 0 amide bonds. The number of ether oxygens (including phenoxy) is 1. The molecule has 2 rings (SSSR count). The van der Waals surface area contributed by atoms with Gasteiger partial charge in [-0.05, 0) is 6.07 Å². The molecule has 1 fully saturated rings. The van der Waals surface area contributed by atoms with E-state index in [4.69, 9.17) is 16.3 Å². The maximum absolute atomic E-state index is 9.27. The summed E-state index contributed by atoms with van der Waals surface area (Å²) in [5, 5.41) is 9.92. The van der Waals surface area contributed by atoms with Crippen LogP contribution in [-0.2, 0) is 4.74 Å². The average molecular weight is 273 g/mol. The highest BCUT2D eigenvalue weighted by Gasteiger charge is 2.23. The van der Waals surface area contributed by atoms with E-state index in [1.165, 1.54) is 0 Å². The molecule has 92 valence electrons. The molecule has 0 bridgehead atoms. The molecule has 1 aromatic rings. The van der Waals surface area contributed by atoms with Gasteiger partial charge in [0, 0.05) is 23.7 Å². The SMILES string of the molecule is Cl.N#CC(c1ccccc1Cl)N1CCOCC1. The molecule has 1 atom stereocenters. The third-order valence-electron chi connectivity index (χ3n) is 2.73. The Hall–Kier alpha value is -0.790. The Balaban J connectivity index is 0.00000144. The highest BCUT2D eigenvalue weighted by atomic mass is 35.5. The standard InChI is InChI=1S/C12H13ClN2O.ClH/c13-11-4-2-1-3-10(11)12(9-14)15-5-7-16-8-6-15;/h1-4,12H,5-8H2;1H. The lowest BCUT2D eigenvalue weighted by atomic mass is 10.1. The van der Waals surface area contributed by atoms with Crippen molar-refractivity contribution >= 4 is 24.0 Å². The van der Waals surface area contributed by atoms with E-state index < -0.39 is 0 Å². The molecule has 5 heteroatoms. The first-order valence-corrected chi connectivity index (χ1v) is 5.66. The molecule has 1 unspecified atom stereocenters. The van der Waals surface area contributed by atoms with Gasteiger partial charge in [0.15, 0.2) is 0 Å². The molecule has 17 heavy (non-hydrogen) atoms. The summed E-state index contributed by atoms with van der Waals surface area (Å²) in [4.78, 5) is 2.10. The van der Waals surface area contributed by atoms with Gasteiger partial charge in [-0.25, -0.2) is 0 Å². The summed E-state index contributed by atoms with van der Waals surface area (Å²) in [7, 11) is 0. The zero-order valence-corrected chi connectivity index (χ0v) is 10.9. The van der Waals surface area contributed by atoms with Gasteiger partial charge in [0.2, 0.25) is 0 Å². The van der Waals surface area contributed by atoms with Gasteiger partial charge in [-0.3, -0.25) is 4.90 Å². The second-order valence-electron chi connectivity index (χ2n) is 3.70. The van der Waals surface area contributed by atoms with Gasteiger partial charge >= 0.3 is 0 Å². The highest BCUT2D eigenvalue weighted by Crippen LogP contribution is 2.27. The van der Waals surface area contributed by atoms with Crippen LogP contribution in [0.5, 0.6) is 0 Å². The maximum Gasteiger partial charge on any atom is 0.125 e. The van der Waals surface area contributed by atoms with E-state index in [1.54, 1.807) is 0 Å². The summed E-state index contributed by atoms with van der Waals surface area (Å²) >= 11 is 6.11. The molecule has 0 spiro atoms. The van der Waals surface area contributed by atoms with Crippen LogP contribution in [0.15, 0.2) is 24.3 Å². The summed E-state index contributed by atoms with van der Waals surface area (Å²) in [6, 6.07) is 9.56. The number of hydrogen-bond donors (Lipinski definition) is 0. The van der Waals surface area contributed by atoms with Gasteiger partial charge in [0.05, 0.1) is 19.3 Å². The minimum absolute atomic E-state index is 0. The predicted molar refractivity (Wildman–Crippen MR) is 69.4 cm³/mol. The number of halogens is 2. The number of morpholine rings is 1. The van der Waals surface area contributed by atoms with Crippen molar-refractivity contribution in [2.24, 2.45) is 0 Å². The van der Waals surface area contributed by atoms with Crippen molar-refractivity contribution in [3.8, 4) is 6.07 Å². The van der Waals surface area contributed by atoms with Crippen LogP contribution in [-0.4, -0.2) is 31.2 Å². The third kappa shape index (κ3) is 3.34. The molecule has 1 heterocycles. The monoisotopic (exact) mass is 272 g/mol. The quantitative estimate of drug-likeness (QED) is 0.831. The molecule has 0 radical (unpaired) electrons. The van der Waals surface area contributed by atoms with E-state index in [-0.39, 0.29) is 18.4 Å². The van der Waals surface area contributed by atoms with Crippen molar-refractivity contribution in [3.63, 3.8) is 0 Å². The van der Waals surface area contributed by atoms with Crippen LogP contribution in [0.2, 0.25) is 5.02 Å². The highest BCUT2D eigenvalue weighted by molar-refractivity contribution is 6.31. The number of nitriles is 1. The second kappa shape index (κ2) is 6.83. The lowest BCUT2D eigenvalue weighted by Crippen LogP contribution is -2.38. The molecular formula is C12H14Cl2N2O. The molecule has 0 saturated carbocycles. The van der Waals surface area contributed by atoms with Gasteiger partial charge in [0.1, 0.15) is 6.04 Å². The van der Waals surface area contributed by atoms with Gasteiger partial charge in [-0.1, -0.05) is 29.8 Å². The summed E-state index contributed by atoms with van der Waals surface area (Å²) in [5.41, 5.74) is 0.883. The van der Waals surface area contributed by atoms with E-state index in [1.807, 2.05) is 24.3 Å². The number of rotatable bonds is 2. The summed E-state index contributed by atoms with van der Waals surface area (Å²) in [6.45, 7) is 2.93. The minimum Gasteiger partial charge on any atom is -0.379 e. The molecule has 0 aliphatic carbocycles. The Labute approximate surface area is 112 Å². The van der Waals surface area contributed by atoms with E-state index in [2.05, 4.69) is 11.0 Å². The predicted octanol–water partition coefficient (Wildman–Crippen LogP) is 2.66. The van der Waals surface area contributed by atoms with E-state index in [0.717, 1.165) is 18.7 Å². The Morgan fingerprint density at radius 1 is 1.29 bits per heavy atom. The Morgan fingerprint density at radius 2 is 1.94 bits per heavy atom. The first kappa shape index (κ1) is 14.3. The number of hydrogen-bond acceptors (Lipinski definition) is 3. The van der Waals surface area contributed by atoms with Crippen LogP contribution in [0, 0.1) is 11.3 Å². The van der Waals surface area contributed by atoms with Gasteiger partial charge in [0.25, 0.3) is 0 Å². The zero-order chi connectivity index (χ0) is 11.4. The minimum atomic E-state index is -0.266. The average Bonchev–Trinajstić information content (AvgIpc) is 2.34. The zero-order valence-electron chi connectivity index (χ0n) is 9.30. The van der Waals surface area contributed by atoms with Crippen LogP contribution >= 0.6 is 24.0 Å². The van der Waals surface area contributed by atoms with Gasteiger partial charge in [-0.2, -0.15) is 5.26 Å². The summed E-state index contributed by atoms with van der Waals surface area (Å²) in [5.74, 6) is 0. The lowest BCUT2D eigenvalue weighted by molar-refractivity contribution is 0.0266. The molecule has 0 N–H and O–H groups in total. The van der Waals surface area contributed by atoms with Crippen LogP contribution in [0.3, 0.4) is 0 Å². The molecule has 1 saturated heterocycles. The first-order valence-electron chi connectivity index (χ1n) is 5.29. The summed E-state index contributed by atoms with van der Waals surface area (Å²) in [6.07, 6.45) is 0. The Kier molecular flexibility index (Phi) is 5.73. The third-order valence-corrected chi connectivity index (χ3v) is 3.08. The number of nitrogens with zero attached hydrogens (tertiary/aromatic N) is 2. The molecule has 0 aromatic heterocycles. The fourth-order valence-electron chi connectivity index (χ4n) is 1.88. The molecule has 1 aliphatic rings. The van der Waals surface area contributed by atoms with Crippen molar-refractivity contribution in [1.29, 1.82) is 5.26 Å². The normalized spacial score (nSPS) is 17.9. The molecule has 1 aliphatic heterocycles. The Bertz CT molecular complexity index is 400. The Morgan fingerprint density at radius 3 is 2.53 bits per heavy atom. The van der Waals surface area contributed by atoms with Crippen LogP contribution < -0.4 is 0 Å². The van der Waals surface area contributed by atoms with Crippen molar-refractivity contribution in [3.05, 3.63) is 34.9 Å². The first-order chi connectivity index (χ1) is 7.83. The van der Waals surface area contributed by atoms with E-state index in [9.17, 15) is 5.26 Å². The summed E-state index contributed by atoms with van der Waals surface area (Å²) < 4.78 is 5.28. The molecule has 3 nitrogen and oxygen atoms in total. The smallest absolute Gasteiger partial charge is 0.125 e. The fraction of sp³-hybridized carbons (Fsp3) is 0.417. The van der Waals surface area contributed by atoms with Crippen molar-refractivity contribution in [2.75, 3.05) is 26.3 Å². The van der Waals surface area contributed by atoms with E-state index in [0.29, 0.717) is 18.2 Å². The number of benzene rings is 1. The van der Waals surface area contributed by atoms with Crippen LogP contribution in [0.4, 0.5) is 0 Å². The maximum atomic E-state index is 9.27. The van der Waals surface area contributed by atoms with E-state index >= 15 is 0 Å². The largest absolute Gasteiger partial charge is 0.379 e. The van der Waals surface area contributed by atoms with Gasteiger partial charge < -0.3 is 4.74 Å². The second-order valence-corrected chi connectivity index (χ2v) is 4.11. The van der Waals surface area contributed by atoms with Crippen LogP contribution in [0.25, 0.3) is 0 Å². The van der Waals surface area contributed by atoms with Crippen LogP contribution in [0.1, 0.15) is 11.6 Å².